The largest absolute Gasteiger partial charge is 0.416 e. The van der Waals surface area contributed by atoms with E-state index in [4.69, 9.17) is 0 Å². The number of aryl methyl sites for hydroxylation is 1. The first-order chi connectivity index (χ1) is 12.7. The van der Waals surface area contributed by atoms with E-state index in [1.807, 2.05) is 6.92 Å². The maximum absolute atomic E-state index is 12.8. The number of alkyl halides is 3. The zero-order valence-corrected chi connectivity index (χ0v) is 15.4. The number of nitrogens with one attached hydrogen (secondary N) is 1. The maximum Gasteiger partial charge on any atom is 0.416 e. The van der Waals surface area contributed by atoms with Crippen molar-refractivity contribution in [2.45, 2.75) is 32.6 Å². The molecule has 0 aliphatic carbocycles. The molecule has 5 nitrogen and oxygen atoms in total. The molecule has 1 unspecified atom stereocenters. The summed E-state index contributed by atoms with van der Waals surface area (Å²) in [5, 5.41) is 3.70. The number of carbonyl (C=O) groups excluding carboxylic acids is 2. The third kappa shape index (κ3) is 4.85. The van der Waals surface area contributed by atoms with Crippen LogP contribution < -0.4 is 5.32 Å². The third-order valence-corrected chi connectivity index (χ3v) is 5.23. The fourth-order valence-electron chi connectivity index (χ4n) is 2.97. The van der Waals surface area contributed by atoms with Gasteiger partial charge in [-0.3, -0.25) is 9.59 Å². The van der Waals surface area contributed by atoms with Gasteiger partial charge in [0.15, 0.2) is 0 Å². The van der Waals surface area contributed by atoms with Gasteiger partial charge in [-0.1, -0.05) is 12.1 Å². The highest BCUT2D eigenvalue weighted by molar-refractivity contribution is 7.11. The smallest absolute Gasteiger partial charge is 0.351 e. The average Bonchev–Trinajstić information content (AvgIpc) is 3.18. The zero-order valence-electron chi connectivity index (χ0n) is 14.5. The van der Waals surface area contributed by atoms with Gasteiger partial charge in [-0.05, 0) is 24.6 Å². The van der Waals surface area contributed by atoms with Crippen LogP contribution >= 0.6 is 11.3 Å². The summed E-state index contributed by atoms with van der Waals surface area (Å²) in [5.41, 5.74) is -0.361. The predicted octanol–water partition coefficient (Wildman–Crippen LogP) is 3.14. The Morgan fingerprint density at radius 3 is 2.85 bits per heavy atom. The molecule has 3 rings (SSSR count). The zero-order chi connectivity index (χ0) is 19.6. The van der Waals surface area contributed by atoms with Crippen molar-refractivity contribution in [2.24, 2.45) is 5.92 Å². The van der Waals surface area contributed by atoms with E-state index in [-0.39, 0.29) is 31.3 Å². The van der Waals surface area contributed by atoms with E-state index in [0.717, 1.165) is 22.0 Å². The highest BCUT2D eigenvalue weighted by Gasteiger charge is 2.35. The highest BCUT2D eigenvalue weighted by Crippen LogP contribution is 2.30. The van der Waals surface area contributed by atoms with Crippen LogP contribution in [0.15, 0.2) is 30.5 Å². The fourth-order valence-corrected chi connectivity index (χ4v) is 3.71. The Balaban J connectivity index is 1.58. The van der Waals surface area contributed by atoms with Crippen LogP contribution in [0.4, 0.5) is 13.2 Å². The molecule has 1 aromatic heterocycles. The molecule has 2 heterocycles. The number of hydrogen-bond donors (Lipinski definition) is 1. The lowest BCUT2D eigenvalue weighted by Gasteiger charge is -2.17. The Hall–Kier alpha value is -2.42. The molecular formula is C18H18F3N3O2S. The Bertz CT molecular complexity index is 850. The van der Waals surface area contributed by atoms with Crippen LogP contribution in [0.1, 0.15) is 27.4 Å². The van der Waals surface area contributed by atoms with Crippen LogP contribution in [-0.4, -0.2) is 28.2 Å². The summed E-state index contributed by atoms with van der Waals surface area (Å²) >= 11 is 1.48. The van der Waals surface area contributed by atoms with Crippen LogP contribution in [0.2, 0.25) is 0 Å². The molecular weight excluding hydrogens is 379 g/mol. The van der Waals surface area contributed by atoms with Gasteiger partial charge in [0.2, 0.25) is 11.8 Å². The monoisotopic (exact) mass is 397 g/mol. The second kappa shape index (κ2) is 7.67. The van der Waals surface area contributed by atoms with E-state index in [9.17, 15) is 22.8 Å². The van der Waals surface area contributed by atoms with Gasteiger partial charge < -0.3 is 10.2 Å². The van der Waals surface area contributed by atoms with Crippen molar-refractivity contribution in [3.05, 3.63) is 51.5 Å². The third-order valence-electron chi connectivity index (χ3n) is 4.32. The second-order valence-electron chi connectivity index (χ2n) is 6.44. The number of thiazole rings is 1. The molecule has 1 aromatic carbocycles. The fraction of sp³-hybridized carbons (Fsp3) is 0.389. The number of carbonyl (C=O) groups is 2. The number of halogens is 3. The Morgan fingerprint density at radius 1 is 1.41 bits per heavy atom. The minimum absolute atomic E-state index is 0.0561. The SMILES string of the molecule is Cc1ncc(CNC(=O)C2CC(=O)N(Cc3cccc(C(F)(F)F)c3)C2)s1. The minimum Gasteiger partial charge on any atom is -0.351 e. The van der Waals surface area contributed by atoms with E-state index < -0.39 is 17.7 Å². The first-order valence-corrected chi connectivity index (χ1v) is 9.17. The van der Waals surface area contributed by atoms with E-state index in [2.05, 4.69) is 10.3 Å². The summed E-state index contributed by atoms with van der Waals surface area (Å²) in [6.45, 7) is 2.48. The summed E-state index contributed by atoms with van der Waals surface area (Å²) in [5.74, 6) is -0.973. The van der Waals surface area contributed by atoms with Crippen molar-refractivity contribution in [3.8, 4) is 0 Å². The summed E-state index contributed by atoms with van der Waals surface area (Å²) in [7, 11) is 0. The van der Waals surface area contributed by atoms with E-state index >= 15 is 0 Å². The molecule has 2 aromatic rings. The number of likely N-dealkylation sites (tertiary alicyclic amines) is 1. The second-order valence-corrected chi connectivity index (χ2v) is 7.76. The lowest BCUT2D eigenvalue weighted by atomic mass is 10.1. The van der Waals surface area contributed by atoms with Crippen LogP contribution in [0.25, 0.3) is 0 Å². The number of hydrogen-bond acceptors (Lipinski definition) is 4. The van der Waals surface area contributed by atoms with Crippen molar-refractivity contribution in [1.82, 2.24) is 15.2 Å². The molecule has 0 spiro atoms. The van der Waals surface area contributed by atoms with Gasteiger partial charge in [-0.2, -0.15) is 13.2 Å². The van der Waals surface area contributed by atoms with E-state index in [1.54, 1.807) is 12.3 Å². The molecule has 1 fully saturated rings. The van der Waals surface area contributed by atoms with Gasteiger partial charge in [-0.25, -0.2) is 4.98 Å². The molecule has 0 radical (unpaired) electrons. The highest BCUT2D eigenvalue weighted by atomic mass is 32.1. The normalized spacial score (nSPS) is 17.4. The molecule has 9 heteroatoms. The van der Waals surface area contributed by atoms with Crippen LogP contribution in [0.3, 0.4) is 0 Å². The first kappa shape index (κ1) is 19.3. The molecule has 1 atom stereocenters. The number of amides is 2. The molecule has 144 valence electrons. The van der Waals surface area contributed by atoms with E-state index in [0.29, 0.717) is 12.1 Å². The summed E-state index contributed by atoms with van der Waals surface area (Å²) < 4.78 is 38.4. The van der Waals surface area contributed by atoms with Crippen molar-refractivity contribution in [3.63, 3.8) is 0 Å². The summed E-state index contributed by atoms with van der Waals surface area (Å²) in [4.78, 5) is 30.9. The topological polar surface area (TPSA) is 62.3 Å². The standard InChI is InChI=1S/C18H18F3N3O2S/c1-11-22-7-15(27-11)8-23-17(26)13-6-16(25)24(10-13)9-12-3-2-4-14(5-12)18(19,20)21/h2-5,7,13H,6,8-10H2,1H3,(H,23,26). The molecule has 2 amide bonds. The molecule has 1 N–H and O–H groups in total. The molecule has 1 aliphatic heterocycles. The Morgan fingerprint density at radius 2 is 2.19 bits per heavy atom. The molecule has 0 bridgehead atoms. The van der Waals surface area contributed by atoms with Crippen LogP contribution in [0.5, 0.6) is 0 Å². The average molecular weight is 397 g/mol. The number of nitrogens with zero attached hydrogens (tertiary/aromatic N) is 2. The molecule has 1 saturated heterocycles. The number of aromatic nitrogens is 1. The first-order valence-electron chi connectivity index (χ1n) is 8.35. The van der Waals surface area contributed by atoms with Crippen LogP contribution in [-0.2, 0) is 28.9 Å². The molecule has 0 saturated carbocycles. The molecule has 27 heavy (non-hydrogen) atoms. The summed E-state index contributed by atoms with van der Waals surface area (Å²) in [6.07, 6.45) is -2.67. The van der Waals surface area contributed by atoms with E-state index in [1.165, 1.54) is 22.3 Å². The Labute approximate surface area is 158 Å². The summed E-state index contributed by atoms with van der Waals surface area (Å²) in [6, 6.07) is 4.89. The lowest BCUT2D eigenvalue weighted by molar-refractivity contribution is -0.137. The van der Waals surface area contributed by atoms with Crippen molar-refractivity contribution < 1.29 is 22.8 Å². The van der Waals surface area contributed by atoms with Gasteiger partial charge in [0, 0.05) is 30.6 Å². The molecule has 1 aliphatic rings. The van der Waals surface area contributed by atoms with Gasteiger partial charge in [0.25, 0.3) is 0 Å². The van der Waals surface area contributed by atoms with Crippen molar-refractivity contribution in [1.29, 1.82) is 0 Å². The minimum atomic E-state index is -4.43. The Kier molecular flexibility index (Phi) is 5.50. The van der Waals surface area contributed by atoms with Gasteiger partial charge in [0.05, 0.1) is 23.0 Å². The van der Waals surface area contributed by atoms with Gasteiger partial charge in [-0.15, -0.1) is 11.3 Å². The van der Waals surface area contributed by atoms with Crippen LogP contribution in [0, 0.1) is 12.8 Å². The number of benzene rings is 1. The maximum atomic E-state index is 12.8. The number of rotatable bonds is 5. The van der Waals surface area contributed by atoms with Gasteiger partial charge in [0.1, 0.15) is 0 Å². The quantitative estimate of drug-likeness (QED) is 0.843. The van der Waals surface area contributed by atoms with Gasteiger partial charge >= 0.3 is 6.18 Å². The predicted molar refractivity (Wildman–Crippen MR) is 93.7 cm³/mol. The van der Waals surface area contributed by atoms with Crippen molar-refractivity contribution in [2.75, 3.05) is 6.54 Å². The van der Waals surface area contributed by atoms with Crippen molar-refractivity contribution >= 4 is 23.2 Å². The lowest BCUT2D eigenvalue weighted by Crippen LogP contribution is -2.32.